The summed E-state index contributed by atoms with van der Waals surface area (Å²) in [4.78, 5) is 2.36. The van der Waals surface area contributed by atoms with Crippen LogP contribution >= 0.6 is 0 Å². The Balaban J connectivity index is 2.60. The van der Waals surface area contributed by atoms with Crippen molar-refractivity contribution in [3.05, 3.63) is 29.6 Å². The van der Waals surface area contributed by atoms with E-state index in [-0.39, 0.29) is 5.82 Å². The Hall–Kier alpha value is -1.60. The van der Waals surface area contributed by atoms with Crippen LogP contribution in [0, 0.1) is 17.1 Å². The van der Waals surface area contributed by atoms with Gasteiger partial charge >= 0.3 is 0 Å². The zero-order valence-electron chi connectivity index (χ0n) is 12.1. The van der Waals surface area contributed by atoms with Gasteiger partial charge in [-0.05, 0) is 45.9 Å². The van der Waals surface area contributed by atoms with Gasteiger partial charge in [-0.25, -0.2) is 4.39 Å². The van der Waals surface area contributed by atoms with E-state index in [0.29, 0.717) is 23.3 Å². The molecule has 3 nitrogen and oxygen atoms in total. The minimum Gasteiger partial charge on any atom is -0.383 e. The van der Waals surface area contributed by atoms with E-state index in [1.165, 1.54) is 12.1 Å². The number of nitrogens with zero attached hydrogens (tertiary/aromatic N) is 2. The number of rotatable bonds is 6. The first kappa shape index (κ1) is 15.5. The van der Waals surface area contributed by atoms with Crippen LogP contribution in [0.5, 0.6) is 0 Å². The Bertz CT molecular complexity index is 441. The van der Waals surface area contributed by atoms with Crippen LogP contribution in [0.2, 0.25) is 0 Å². The largest absolute Gasteiger partial charge is 0.383 e. The molecule has 104 valence electrons. The van der Waals surface area contributed by atoms with E-state index in [0.717, 1.165) is 13.1 Å². The van der Waals surface area contributed by atoms with Crippen LogP contribution in [0.1, 0.15) is 33.3 Å². The molecule has 0 radical (unpaired) electrons. The summed E-state index contributed by atoms with van der Waals surface area (Å²) in [6.07, 6.45) is 0. The van der Waals surface area contributed by atoms with Gasteiger partial charge in [0.25, 0.3) is 0 Å². The predicted molar refractivity (Wildman–Crippen MR) is 76.6 cm³/mol. The first-order valence-electron chi connectivity index (χ1n) is 6.65. The number of halogens is 1. The summed E-state index contributed by atoms with van der Waals surface area (Å²) >= 11 is 0. The van der Waals surface area contributed by atoms with Crippen molar-refractivity contribution in [2.75, 3.05) is 18.4 Å². The lowest BCUT2D eigenvalue weighted by molar-refractivity contribution is 0.182. The Morgan fingerprint density at radius 1 is 1.26 bits per heavy atom. The molecule has 19 heavy (non-hydrogen) atoms. The summed E-state index contributed by atoms with van der Waals surface area (Å²) in [6, 6.07) is 7.19. The zero-order valence-corrected chi connectivity index (χ0v) is 12.1. The average molecular weight is 263 g/mol. The predicted octanol–water partition coefficient (Wildman–Crippen LogP) is 3.23. The second-order valence-electron chi connectivity index (χ2n) is 5.15. The van der Waals surface area contributed by atoms with Crippen LogP contribution < -0.4 is 5.32 Å². The molecule has 0 fully saturated rings. The third-order valence-corrected chi connectivity index (χ3v) is 3.11. The SMILES string of the molecule is CC(C)N(CCNc1ccc(F)cc1C#N)C(C)C. The molecular formula is C15H22FN3. The topological polar surface area (TPSA) is 39.1 Å². The number of anilines is 1. The molecule has 0 saturated carbocycles. The maximum absolute atomic E-state index is 13.0. The lowest BCUT2D eigenvalue weighted by Gasteiger charge is -2.30. The van der Waals surface area contributed by atoms with Gasteiger partial charge in [-0.3, -0.25) is 4.90 Å². The van der Waals surface area contributed by atoms with E-state index >= 15 is 0 Å². The van der Waals surface area contributed by atoms with Crippen LogP contribution in [-0.2, 0) is 0 Å². The van der Waals surface area contributed by atoms with Gasteiger partial charge in [0.1, 0.15) is 11.9 Å². The van der Waals surface area contributed by atoms with Gasteiger partial charge in [0, 0.05) is 25.2 Å². The summed E-state index contributed by atoms with van der Waals surface area (Å²) in [5.74, 6) is -0.381. The van der Waals surface area contributed by atoms with Gasteiger partial charge in [-0.1, -0.05) is 0 Å². The lowest BCUT2D eigenvalue weighted by atomic mass is 10.2. The molecule has 1 rings (SSSR count). The normalized spacial score (nSPS) is 11.1. The summed E-state index contributed by atoms with van der Waals surface area (Å²) in [5, 5.41) is 12.2. The van der Waals surface area contributed by atoms with Crippen molar-refractivity contribution in [1.29, 1.82) is 5.26 Å². The molecule has 0 aliphatic rings. The Labute approximate surface area is 115 Å². The number of nitrogens with one attached hydrogen (secondary N) is 1. The highest BCUT2D eigenvalue weighted by Crippen LogP contribution is 2.15. The van der Waals surface area contributed by atoms with Gasteiger partial charge in [0.2, 0.25) is 0 Å². The number of hydrogen-bond donors (Lipinski definition) is 1. The fourth-order valence-corrected chi connectivity index (χ4v) is 2.20. The molecule has 1 aromatic carbocycles. The number of hydrogen-bond acceptors (Lipinski definition) is 3. The molecule has 0 aliphatic carbocycles. The molecule has 0 aromatic heterocycles. The van der Waals surface area contributed by atoms with Crippen molar-refractivity contribution in [2.24, 2.45) is 0 Å². The highest BCUT2D eigenvalue weighted by molar-refractivity contribution is 5.57. The van der Waals surface area contributed by atoms with Gasteiger partial charge in [0.05, 0.1) is 11.3 Å². The molecule has 0 spiro atoms. The molecule has 0 amide bonds. The van der Waals surface area contributed by atoms with Gasteiger partial charge in [-0.2, -0.15) is 5.26 Å². The van der Waals surface area contributed by atoms with E-state index in [4.69, 9.17) is 5.26 Å². The van der Waals surface area contributed by atoms with Crippen molar-refractivity contribution < 1.29 is 4.39 Å². The van der Waals surface area contributed by atoms with Crippen molar-refractivity contribution in [1.82, 2.24) is 4.90 Å². The monoisotopic (exact) mass is 263 g/mol. The standard InChI is InChI=1S/C15H22FN3/c1-11(2)19(12(3)4)8-7-18-15-6-5-14(16)9-13(15)10-17/h5-6,9,11-12,18H,7-8H2,1-4H3. The molecule has 0 bridgehead atoms. The Morgan fingerprint density at radius 2 is 1.89 bits per heavy atom. The minimum absolute atomic E-state index is 0.348. The van der Waals surface area contributed by atoms with E-state index in [9.17, 15) is 4.39 Å². The van der Waals surface area contributed by atoms with E-state index in [1.54, 1.807) is 6.07 Å². The first-order chi connectivity index (χ1) is 8.95. The molecule has 0 heterocycles. The fraction of sp³-hybridized carbons (Fsp3) is 0.533. The molecule has 0 atom stereocenters. The molecule has 1 N–H and O–H groups in total. The second kappa shape index (κ2) is 7.10. The van der Waals surface area contributed by atoms with Crippen molar-refractivity contribution in [3.63, 3.8) is 0 Å². The van der Waals surface area contributed by atoms with E-state index in [1.807, 2.05) is 6.07 Å². The Kier molecular flexibility index (Phi) is 5.78. The minimum atomic E-state index is -0.381. The van der Waals surface area contributed by atoms with E-state index < -0.39 is 0 Å². The van der Waals surface area contributed by atoms with Gasteiger partial charge in [-0.15, -0.1) is 0 Å². The molecular weight excluding hydrogens is 241 g/mol. The molecule has 0 aliphatic heterocycles. The average Bonchev–Trinajstić information content (AvgIpc) is 2.34. The second-order valence-corrected chi connectivity index (χ2v) is 5.15. The van der Waals surface area contributed by atoms with Gasteiger partial charge in [0.15, 0.2) is 0 Å². The van der Waals surface area contributed by atoms with Crippen molar-refractivity contribution in [2.45, 2.75) is 39.8 Å². The maximum atomic E-state index is 13.0. The third-order valence-electron chi connectivity index (χ3n) is 3.11. The summed E-state index contributed by atoms with van der Waals surface area (Å²) in [5.41, 5.74) is 1.04. The van der Waals surface area contributed by atoms with Crippen molar-refractivity contribution in [3.8, 4) is 6.07 Å². The quantitative estimate of drug-likeness (QED) is 0.856. The molecule has 0 unspecified atom stereocenters. The summed E-state index contributed by atoms with van der Waals surface area (Å²) < 4.78 is 13.0. The van der Waals surface area contributed by atoms with Crippen LogP contribution in [0.25, 0.3) is 0 Å². The summed E-state index contributed by atoms with van der Waals surface area (Å²) in [6.45, 7) is 10.3. The highest BCUT2D eigenvalue weighted by Gasteiger charge is 2.12. The molecule has 4 heteroatoms. The number of benzene rings is 1. The summed E-state index contributed by atoms with van der Waals surface area (Å²) in [7, 11) is 0. The third kappa shape index (κ3) is 4.53. The molecule has 0 saturated heterocycles. The highest BCUT2D eigenvalue weighted by atomic mass is 19.1. The Morgan fingerprint density at radius 3 is 2.42 bits per heavy atom. The van der Waals surface area contributed by atoms with Crippen LogP contribution in [0.3, 0.4) is 0 Å². The van der Waals surface area contributed by atoms with Crippen LogP contribution in [0.4, 0.5) is 10.1 Å². The maximum Gasteiger partial charge on any atom is 0.124 e. The van der Waals surface area contributed by atoms with E-state index in [2.05, 4.69) is 37.9 Å². The smallest absolute Gasteiger partial charge is 0.124 e. The van der Waals surface area contributed by atoms with Crippen molar-refractivity contribution >= 4 is 5.69 Å². The van der Waals surface area contributed by atoms with Crippen LogP contribution in [0.15, 0.2) is 18.2 Å². The van der Waals surface area contributed by atoms with Crippen LogP contribution in [-0.4, -0.2) is 30.1 Å². The number of nitriles is 1. The zero-order chi connectivity index (χ0) is 14.4. The fourth-order valence-electron chi connectivity index (χ4n) is 2.20. The lowest BCUT2D eigenvalue weighted by Crippen LogP contribution is -2.40. The van der Waals surface area contributed by atoms with Gasteiger partial charge < -0.3 is 5.32 Å². The molecule has 1 aromatic rings. The first-order valence-corrected chi connectivity index (χ1v) is 6.65.